The molecule has 26 heavy (non-hydrogen) atoms. The third-order valence-electron chi connectivity index (χ3n) is 3.87. The number of esters is 1. The van der Waals surface area contributed by atoms with Crippen LogP contribution in [0, 0.1) is 0 Å². The molecule has 6 nitrogen and oxygen atoms in total. The molecular weight excluding hydrogens is 334 g/mol. The lowest BCUT2D eigenvalue weighted by Gasteiger charge is -2.10. The van der Waals surface area contributed by atoms with Crippen LogP contribution in [0.5, 0.6) is 11.5 Å². The Balaban J connectivity index is 1.83. The molecule has 1 amide bonds. The minimum atomic E-state index is -0.603. The molecule has 0 aliphatic heterocycles. The van der Waals surface area contributed by atoms with Crippen LogP contribution in [0.4, 0.5) is 0 Å². The zero-order chi connectivity index (χ0) is 18.9. The van der Waals surface area contributed by atoms with Gasteiger partial charge in [0, 0.05) is 6.54 Å². The van der Waals surface area contributed by atoms with Gasteiger partial charge < -0.3 is 19.5 Å². The first-order valence-electron chi connectivity index (χ1n) is 8.31. The van der Waals surface area contributed by atoms with E-state index in [-0.39, 0.29) is 18.1 Å². The standard InChI is InChI=1S/C20H23NO5/c1-4-14-5-7-15(8-6-14)12-21-19(22)13-26-20(23)16-9-10-17(24-2)18(11-16)25-3/h5-11H,4,12-13H2,1-3H3,(H,21,22). The molecule has 2 aromatic carbocycles. The Morgan fingerprint density at radius 3 is 2.19 bits per heavy atom. The van der Waals surface area contributed by atoms with E-state index in [1.807, 2.05) is 24.3 Å². The Morgan fingerprint density at radius 1 is 0.923 bits per heavy atom. The predicted molar refractivity (Wildman–Crippen MR) is 97.5 cm³/mol. The molecule has 0 bridgehead atoms. The SMILES string of the molecule is CCc1ccc(CNC(=O)COC(=O)c2ccc(OC)c(OC)c2)cc1. The van der Waals surface area contributed by atoms with Gasteiger partial charge in [-0.3, -0.25) is 4.79 Å². The maximum Gasteiger partial charge on any atom is 0.338 e. The number of hydrogen-bond acceptors (Lipinski definition) is 5. The summed E-state index contributed by atoms with van der Waals surface area (Å²) in [6.45, 7) is 2.13. The lowest BCUT2D eigenvalue weighted by Crippen LogP contribution is -2.28. The van der Waals surface area contributed by atoms with Crippen molar-refractivity contribution in [3.63, 3.8) is 0 Å². The molecule has 0 atom stereocenters. The van der Waals surface area contributed by atoms with Crippen molar-refractivity contribution in [1.82, 2.24) is 5.32 Å². The van der Waals surface area contributed by atoms with Crippen LogP contribution in [0.1, 0.15) is 28.4 Å². The van der Waals surface area contributed by atoms with Crippen molar-refractivity contribution in [2.45, 2.75) is 19.9 Å². The van der Waals surface area contributed by atoms with Crippen molar-refractivity contribution in [1.29, 1.82) is 0 Å². The molecule has 0 saturated heterocycles. The monoisotopic (exact) mass is 357 g/mol. The van der Waals surface area contributed by atoms with E-state index < -0.39 is 5.97 Å². The summed E-state index contributed by atoms with van der Waals surface area (Å²) in [5.41, 5.74) is 2.51. The molecule has 0 heterocycles. The van der Waals surface area contributed by atoms with E-state index in [2.05, 4.69) is 12.2 Å². The molecule has 0 fully saturated rings. The number of methoxy groups -OCH3 is 2. The first-order valence-corrected chi connectivity index (χ1v) is 8.31. The van der Waals surface area contributed by atoms with E-state index in [4.69, 9.17) is 14.2 Å². The Kier molecular flexibility index (Phi) is 7.02. The summed E-state index contributed by atoms with van der Waals surface area (Å²) >= 11 is 0. The average Bonchev–Trinajstić information content (AvgIpc) is 2.70. The Hall–Kier alpha value is -3.02. The first kappa shape index (κ1) is 19.3. The van der Waals surface area contributed by atoms with Gasteiger partial charge in [-0.15, -0.1) is 0 Å². The van der Waals surface area contributed by atoms with Gasteiger partial charge in [-0.25, -0.2) is 4.79 Å². The smallest absolute Gasteiger partial charge is 0.338 e. The molecule has 1 N–H and O–H groups in total. The fourth-order valence-corrected chi connectivity index (χ4v) is 2.32. The van der Waals surface area contributed by atoms with E-state index in [1.165, 1.54) is 25.8 Å². The second-order valence-electron chi connectivity index (χ2n) is 5.59. The van der Waals surface area contributed by atoms with Crippen LogP contribution >= 0.6 is 0 Å². The molecule has 0 unspecified atom stereocenters. The van der Waals surface area contributed by atoms with Crippen molar-refractivity contribution in [3.8, 4) is 11.5 Å². The Bertz CT molecular complexity index is 755. The number of hydrogen-bond donors (Lipinski definition) is 1. The number of ether oxygens (including phenoxy) is 3. The topological polar surface area (TPSA) is 73.9 Å². The van der Waals surface area contributed by atoms with E-state index >= 15 is 0 Å². The van der Waals surface area contributed by atoms with Gasteiger partial charge >= 0.3 is 5.97 Å². The number of nitrogens with one attached hydrogen (secondary N) is 1. The zero-order valence-electron chi connectivity index (χ0n) is 15.2. The van der Waals surface area contributed by atoms with Crippen molar-refractivity contribution in [2.75, 3.05) is 20.8 Å². The molecule has 0 aliphatic carbocycles. The minimum Gasteiger partial charge on any atom is -0.493 e. The van der Waals surface area contributed by atoms with E-state index in [1.54, 1.807) is 12.1 Å². The highest BCUT2D eigenvalue weighted by atomic mass is 16.5. The van der Waals surface area contributed by atoms with Crippen molar-refractivity contribution in [2.24, 2.45) is 0 Å². The molecule has 6 heteroatoms. The van der Waals surface area contributed by atoms with Crippen molar-refractivity contribution < 1.29 is 23.8 Å². The molecule has 2 rings (SSSR count). The summed E-state index contributed by atoms with van der Waals surface area (Å²) in [4.78, 5) is 23.9. The summed E-state index contributed by atoms with van der Waals surface area (Å²) in [6, 6.07) is 12.7. The molecule has 0 radical (unpaired) electrons. The van der Waals surface area contributed by atoms with Gasteiger partial charge in [0.15, 0.2) is 18.1 Å². The lowest BCUT2D eigenvalue weighted by molar-refractivity contribution is -0.124. The zero-order valence-corrected chi connectivity index (χ0v) is 15.2. The summed E-state index contributed by atoms with van der Waals surface area (Å²) in [5.74, 6) is -0.0374. The molecular formula is C20H23NO5. The number of amides is 1. The lowest BCUT2D eigenvalue weighted by atomic mass is 10.1. The highest BCUT2D eigenvalue weighted by Gasteiger charge is 2.13. The second-order valence-corrected chi connectivity index (χ2v) is 5.59. The van der Waals surface area contributed by atoms with Gasteiger partial charge in [0.05, 0.1) is 19.8 Å². The Labute approximate surface area is 153 Å². The van der Waals surface area contributed by atoms with Gasteiger partial charge in [-0.05, 0) is 35.7 Å². The maximum atomic E-state index is 12.1. The maximum absolute atomic E-state index is 12.1. The normalized spacial score (nSPS) is 10.1. The van der Waals surface area contributed by atoms with Crippen LogP contribution in [-0.4, -0.2) is 32.7 Å². The number of rotatable bonds is 8. The van der Waals surface area contributed by atoms with Gasteiger partial charge in [0.1, 0.15) is 0 Å². The van der Waals surface area contributed by atoms with Crippen LogP contribution in [-0.2, 0) is 22.5 Å². The number of benzene rings is 2. The quantitative estimate of drug-likeness (QED) is 0.736. The second kappa shape index (κ2) is 9.46. The van der Waals surface area contributed by atoms with E-state index in [0.29, 0.717) is 18.0 Å². The fourth-order valence-electron chi connectivity index (χ4n) is 2.32. The molecule has 2 aromatic rings. The van der Waals surface area contributed by atoms with Crippen molar-refractivity contribution in [3.05, 3.63) is 59.2 Å². The number of aryl methyl sites for hydroxylation is 1. The van der Waals surface area contributed by atoms with Gasteiger partial charge in [0.25, 0.3) is 5.91 Å². The average molecular weight is 357 g/mol. The fraction of sp³-hybridized carbons (Fsp3) is 0.300. The van der Waals surface area contributed by atoms with Crippen LogP contribution < -0.4 is 14.8 Å². The van der Waals surface area contributed by atoms with Crippen LogP contribution in [0.25, 0.3) is 0 Å². The third kappa shape index (κ3) is 5.24. The van der Waals surface area contributed by atoms with Crippen LogP contribution in [0.3, 0.4) is 0 Å². The summed E-state index contributed by atoms with van der Waals surface area (Å²) < 4.78 is 15.3. The van der Waals surface area contributed by atoms with Crippen LogP contribution in [0.15, 0.2) is 42.5 Å². The molecule has 0 spiro atoms. The largest absolute Gasteiger partial charge is 0.493 e. The summed E-state index contributed by atoms with van der Waals surface area (Å²) in [7, 11) is 2.99. The van der Waals surface area contributed by atoms with E-state index in [9.17, 15) is 9.59 Å². The molecule has 0 aliphatic rings. The highest BCUT2D eigenvalue weighted by molar-refractivity contribution is 5.92. The minimum absolute atomic E-state index is 0.283. The summed E-state index contributed by atoms with van der Waals surface area (Å²) in [5, 5.41) is 2.72. The Morgan fingerprint density at radius 2 is 1.58 bits per heavy atom. The molecule has 138 valence electrons. The van der Waals surface area contributed by atoms with Gasteiger partial charge in [0.2, 0.25) is 0 Å². The van der Waals surface area contributed by atoms with Gasteiger partial charge in [-0.1, -0.05) is 31.2 Å². The predicted octanol–water partition coefficient (Wildman–Crippen LogP) is 2.74. The highest BCUT2D eigenvalue weighted by Crippen LogP contribution is 2.27. The summed E-state index contributed by atoms with van der Waals surface area (Å²) in [6.07, 6.45) is 0.971. The van der Waals surface area contributed by atoms with Gasteiger partial charge in [-0.2, -0.15) is 0 Å². The third-order valence-corrected chi connectivity index (χ3v) is 3.87. The molecule has 0 aromatic heterocycles. The van der Waals surface area contributed by atoms with Crippen molar-refractivity contribution >= 4 is 11.9 Å². The number of carbonyl (C=O) groups excluding carboxylic acids is 2. The van der Waals surface area contributed by atoms with Crippen LogP contribution in [0.2, 0.25) is 0 Å². The first-order chi connectivity index (χ1) is 12.6. The van der Waals surface area contributed by atoms with E-state index in [0.717, 1.165) is 12.0 Å². The number of carbonyl (C=O) groups is 2. The molecule has 0 saturated carbocycles.